The third-order valence-electron chi connectivity index (χ3n) is 2.79. The van der Waals surface area contributed by atoms with Gasteiger partial charge < -0.3 is 9.80 Å². The maximum atomic E-state index is 11.9. The maximum absolute atomic E-state index is 11.9. The highest BCUT2D eigenvalue weighted by atomic mass is 16.2. The zero-order chi connectivity index (χ0) is 14.3. The zero-order valence-electron chi connectivity index (χ0n) is 11.1. The molecule has 0 spiro atoms. The van der Waals surface area contributed by atoms with Crippen LogP contribution in [-0.2, 0) is 4.79 Å². The summed E-state index contributed by atoms with van der Waals surface area (Å²) in [6.45, 7) is 0.601. The average Bonchev–Trinajstić information content (AvgIpc) is 2.44. The number of para-hydroxylation sites is 1. The van der Waals surface area contributed by atoms with Crippen molar-refractivity contribution in [1.29, 1.82) is 10.5 Å². The summed E-state index contributed by atoms with van der Waals surface area (Å²) in [5.74, 6) is -0.0782. The summed E-state index contributed by atoms with van der Waals surface area (Å²) in [6, 6.07) is 11.3. The number of carbonyl (C=O) groups excluding carboxylic acids is 1. The van der Waals surface area contributed by atoms with Gasteiger partial charge in [0.15, 0.2) is 0 Å². The van der Waals surface area contributed by atoms with Gasteiger partial charge in [-0.25, -0.2) is 0 Å². The van der Waals surface area contributed by atoms with E-state index in [0.29, 0.717) is 18.5 Å². The van der Waals surface area contributed by atoms with E-state index in [1.54, 1.807) is 37.2 Å². The van der Waals surface area contributed by atoms with Gasteiger partial charge in [-0.05, 0) is 12.1 Å². The van der Waals surface area contributed by atoms with Crippen LogP contribution < -0.4 is 4.90 Å². The Balaban J connectivity index is 2.70. The lowest BCUT2D eigenvalue weighted by Crippen LogP contribution is -2.37. The normalized spacial score (nSPS) is 9.26. The maximum Gasteiger partial charge on any atom is 0.241 e. The van der Waals surface area contributed by atoms with Gasteiger partial charge in [0.05, 0.1) is 30.3 Å². The van der Waals surface area contributed by atoms with E-state index in [-0.39, 0.29) is 12.5 Å². The molecule has 0 saturated carbocycles. The molecule has 0 saturated heterocycles. The van der Waals surface area contributed by atoms with Gasteiger partial charge in [0.25, 0.3) is 0 Å². The third-order valence-corrected chi connectivity index (χ3v) is 2.79. The molecule has 0 heterocycles. The number of likely N-dealkylation sites (N-methyl/N-ethyl adjacent to an activating group) is 2. The number of amides is 1. The second kappa shape index (κ2) is 7.03. The Morgan fingerprint density at radius 2 is 1.95 bits per heavy atom. The first-order valence-electron chi connectivity index (χ1n) is 5.91. The van der Waals surface area contributed by atoms with Gasteiger partial charge in [-0.1, -0.05) is 12.1 Å². The van der Waals surface area contributed by atoms with E-state index in [1.165, 1.54) is 4.90 Å². The van der Waals surface area contributed by atoms with Crippen LogP contribution in [0.5, 0.6) is 0 Å². The van der Waals surface area contributed by atoms with E-state index in [1.807, 2.05) is 12.1 Å². The largest absolute Gasteiger partial charge is 0.364 e. The molecule has 1 aromatic rings. The Kier molecular flexibility index (Phi) is 5.37. The molecule has 19 heavy (non-hydrogen) atoms. The van der Waals surface area contributed by atoms with Crippen LogP contribution >= 0.6 is 0 Å². The zero-order valence-corrected chi connectivity index (χ0v) is 11.1. The summed E-state index contributed by atoms with van der Waals surface area (Å²) >= 11 is 0. The van der Waals surface area contributed by atoms with Gasteiger partial charge in [0.2, 0.25) is 5.91 Å². The van der Waals surface area contributed by atoms with E-state index in [2.05, 4.69) is 6.07 Å². The molecule has 0 N–H and O–H groups in total. The number of nitrogens with zero attached hydrogens (tertiary/aromatic N) is 4. The van der Waals surface area contributed by atoms with Gasteiger partial charge in [0.1, 0.15) is 6.07 Å². The molecule has 98 valence electrons. The number of hydrogen-bond acceptors (Lipinski definition) is 4. The first-order valence-corrected chi connectivity index (χ1v) is 5.91. The Hall–Kier alpha value is -2.53. The number of hydrogen-bond donors (Lipinski definition) is 0. The SMILES string of the molecule is CN(CCC#N)C(=O)CN(C)c1ccccc1C#N. The van der Waals surface area contributed by atoms with Crippen molar-refractivity contribution in [2.24, 2.45) is 0 Å². The lowest BCUT2D eigenvalue weighted by atomic mass is 10.2. The molecule has 1 amide bonds. The standard InChI is InChI=1S/C14H16N4O/c1-17(9-5-8-15)14(19)11-18(2)13-7-4-3-6-12(13)10-16/h3-4,6-7H,5,9,11H2,1-2H3. The summed E-state index contributed by atoms with van der Waals surface area (Å²) in [6.07, 6.45) is 0.320. The molecule has 0 fully saturated rings. The molecule has 0 radical (unpaired) electrons. The third kappa shape index (κ3) is 4.01. The lowest BCUT2D eigenvalue weighted by Gasteiger charge is -2.23. The summed E-state index contributed by atoms with van der Waals surface area (Å²) in [7, 11) is 3.44. The van der Waals surface area contributed by atoms with E-state index in [9.17, 15) is 4.79 Å². The monoisotopic (exact) mass is 256 g/mol. The van der Waals surface area contributed by atoms with E-state index in [4.69, 9.17) is 10.5 Å². The minimum absolute atomic E-state index is 0.0782. The molecule has 1 aromatic carbocycles. The van der Waals surface area contributed by atoms with Crippen molar-refractivity contribution in [3.63, 3.8) is 0 Å². The van der Waals surface area contributed by atoms with Gasteiger partial charge in [-0.2, -0.15) is 10.5 Å². The van der Waals surface area contributed by atoms with E-state index < -0.39 is 0 Å². The second-order valence-electron chi connectivity index (χ2n) is 4.21. The molecule has 0 unspecified atom stereocenters. The van der Waals surface area contributed by atoms with Crippen molar-refractivity contribution in [2.75, 3.05) is 32.1 Å². The summed E-state index contributed by atoms with van der Waals surface area (Å²) in [4.78, 5) is 15.2. The van der Waals surface area contributed by atoms with Crippen molar-refractivity contribution < 1.29 is 4.79 Å². The molecule has 0 aromatic heterocycles. The van der Waals surface area contributed by atoms with Crippen LogP contribution in [0, 0.1) is 22.7 Å². The van der Waals surface area contributed by atoms with Crippen molar-refractivity contribution in [3.8, 4) is 12.1 Å². The lowest BCUT2D eigenvalue weighted by molar-refractivity contribution is -0.128. The minimum Gasteiger partial charge on any atom is -0.364 e. The van der Waals surface area contributed by atoms with E-state index in [0.717, 1.165) is 5.69 Å². The molecule has 5 nitrogen and oxygen atoms in total. The van der Waals surface area contributed by atoms with Gasteiger partial charge >= 0.3 is 0 Å². The number of benzene rings is 1. The van der Waals surface area contributed by atoms with Crippen LogP contribution in [0.25, 0.3) is 0 Å². The summed E-state index contributed by atoms with van der Waals surface area (Å²) < 4.78 is 0. The fourth-order valence-corrected chi connectivity index (χ4v) is 1.65. The molecular weight excluding hydrogens is 240 g/mol. The Morgan fingerprint density at radius 3 is 2.58 bits per heavy atom. The molecule has 0 aliphatic rings. The first kappa shape index (κ1) is 14.5. The number of nitriles is 2. The molecular formula is C14H16N4O. The highest BCUT2D eigenvalue weighted by Gasteiger charge is 2.13. The number of carbonyl (C=O) groups is 1. The minimum atomic E-state index is -0.0782. The predicted octanol–water partition coefficient (Wildman–Crippen LogP) is 1.37. The molecule has 5 heteroatoms. The molecule has 0 atom stereocenters. The Bertz CT molecular complexity index is 527. The topological polar surface area (TPSA) is 71.1 Å². The van der Waals surface area contributed by atoms with Gasteiger partial charge in [-0.3, -0.25) is 4.79 Å². The van der Waals surface area contributed by atoms with Crippen molar-refractivity contribution in [3.05, 3.63) is 29.8 Å². The fourth-order valence-electron chi connectivity index (χ4n) is 1.65. The molecule has 0 bridgehead atoms. The van der Waals surface area contributed by atoms with Crippen LogP contribution in [0.2, 0.25) is 0 Å². The van der Waals surface area contributed by atoms with Crippen molar-refractivity contribution in [2.45, 2.75) is 6.42 Å². The predicted molar refractivity (Wildman–Crippen MR) is 72.3 cm³/mol. The summed E-state index contributed by atoms with van der Waals surface area (Å²) in [5.41, 5.74) is 1.27. The molecule has 0 aliphatic heterocycles. The second-order valence-corrected chi connectivity index (χ2v) is 4.21. The Labute approximate surface area is 113 Å². The van der Waals surface area contributed by atoms with Crippen LogP contribution in [-0.4, -0.2) is 38.0 Å². The van der Waals surface area contributed by atoms with Gasteiger partial charge in [-0.15, -0.1) is 0 Å². The highest BCUT2D eigenvalue weighted by Crippen LogP contribution is 2.17. The number of rotatable bonds is 5. The fraction of sp³-hybridized carbons (Fsp3) is 0.357. The smallest absolute Gasteiger partial charge is 0.241 e. The van der Waals surface area contributed by atoms with Crippen molar-refractivity contribution in [1.82, 2.24) is 4.90 Å². The highest BCUT2D eigenvalue weighted by molar-refractivity contribution is 5.81. The summed E-state index contributed by atoms with van der Waals surface area (Å²) in [5, 5.41) is 17.5. The number of anilines is 1. The molecule has 0 aliphatic carbocycles. The van der Waals surface area contributed by atoms with Crippen LogP contribution in [0.1, 0.15) is 12.0 Å². The van der Waals surface area contributed by atoms with Crippen LogP contribution in [0.3, 0.4) is 0 Å². The molecule has 1 rings (SSSR count). The van der Waals surface area contributed by atoms with Crippen LogP contribution in [0.4, 0.5) is 5.69 Å². The first-order chi connectivity index (χ1) is 9.10. The van der Waals surface area contributed by atoms with Crippen molar-refractivity contribution >= 4 is 11.6 Å². The quantitative estimate of drug-likeness (QED) is 0.797. The van der Waals surface area contributed by atoms with Crippen LogP contribution in [0.15, 0.2) is 24.3 Å². The van der Waals surface area contributed by atoms with E-state index >= 15 is 0 Å². The Morgan fingerprint density at radius 1 is 1.26 bits per heavy atom. The average molecular weight is 256 g/mol. The van der Waals surface area contributed by atoms with Gasteiger partial charge in [0, 0.05) is 20.6 Å².